The molecule has 1 atom stereocenters. The highest BCUT2D eigenvalue weighted by atomic mass is 32.2. The van der Waals surface area contributed by atoms with Crippen LogP contribution in [-0.4, -0.2) is 57.9 Å². The van der Waals surface area contributed by atoms with Gasteiger partial charge in [-0.2, -0.15) is 0 Å². The van der Waals surface area contributed by atoms with Crippen molar-refractivity contribution in [2.24, 2.45) is 5.92 Å². The van der Waals surface area contributed by atoms with Gasteiger partial charge in [0.25, 0.3) is 0 Å². The Morgan fingerprint density at radius 2 is 2.12 bits per heavy atom. The summed E-state index contributed by atoms with van der Waals surface area (Å²) in [6, 6.07) is -0.159. The summed E-state index contributed by atoms with van der Waals surface area (Å²) in [6.45, 7) is 1.54. The lowest BCUT2D eigenvalue weighted by molar-refractivity contribution is -0.139. The summed E-state index contributed by atoms with van der Waals surface area (Å²) in [4.78, 5) is 23.5. The van der Waals surface area contributed by atoms with Gasteiger partial charge in [-0.1, -0.05) is 0 Å². The van der Waals surface area contributed by atoms with Crippen LogP contribution in [-0.2, 0) is 15.6 Å². The topological polar surface area (TPSA) is 86.7 Å². The number of carboxylic acids is 1. The number of aliphatic carboxylic acids is 1. The Kier molecular flexibility index (Phi) is 5.40. The Morgan fingerprint density at radius 1 is 1.47 bits per heavy atom. The second-order valence-corrected chi connectivity index (χ2v) is 5.79. The summed E-state index contributed by atoms with van der Waals surface area (Å²) in [6.07, 6.45) is 2.45. The van der Waals surface area contributed by atoms with Crippen molar-refractivity contribution in [1.29, 1.82) is 0 Å². The second kappa shape index (κ2) is 6.58. The number of likely N-dealkylation sites (tertiary alicyclic amines) is 1. The number of amides is 2. The van der Waals surface area contributed by atoms with Crippen LogP contribution in [0.3, 0.4) is 0 Å². The average Bonchev–Trinajstić information content (AvgIpc) is 2.16. The predicted molar refractivity (Wildman–Crippen MR) is 64.3 cm³/mol. The SMILES string of the molecule is CS(=O)CCCNC(=O)N1CC(CC(=O)O)C1. The lowest BCUT2D eigenvalue weighted by atomic mass is 9.97. The molecule has 98 valence electrons. The number of carbonyl (C=O) groups is 2. The molecule has 0 saturated carbocycles. The van der Waals surface area contributed by atoms with E-state index in [1.807, 2.05) is 0 Å². The van der Waals surface area contributed by atoms with Crippen LogP contribution >= 0.6 is 0 Å². The Hall–Kier alpha value is -1.11. The molecule has 1 unspecified atom stereocenters. The van der Waals surface area contributed by atoms with E-state index in [-0.39, 0.29) is 18.4 Å². The lowest BCUT2D eigenvalue weighted by Crippen LogP contribution is -2.54. The molecule has 1 fully saturated rings. The van der Waals surface area contributed by atoms with Crippen molar-refractivity contribution in [2.45, 2.75) is 12.8 Å². The van der Waals surface area contributed by atoms with E-state index in [0.29, 0.717) is 31.8 Å². The van der Waals surface area contributed by atoms with Gasteiger partial charge in [0.2, 0.25) is 0 Å². The van der Waals surface area contributed by atoms with E-state index in [1.165, 1.54) is 0 Å². The Morgan fingerprint density at radius 3 is 2.65 bits per heavy atom. The number of hydrogen-bond acceptors (Lipinski definition) is 3. The number of urea groups is 1. The molecule has 2 amide bonds. The van der Waals surface area contributed by atoms with Gasteiger partial charge in [0.1, 0.15) is 0 Å². The first-order valence-corrected chi connectivity index (χ1v) is 7.26. The maximum absolute atomic E-state index is 11.5. The molecule has 17 heavy (non-hydrogen) atoms. The van der Waals surface area contributed by atoms with Crippen LogP contribution in [0.25, 0.3) is 0 Å². The lowest BCUT2D eigenvalue weighted by Gasteiger charge is -2.38. The van der Waals surface area contributed by atoms with Gasteiger partial charge in [0, 0.05) is 48.4 Å². The molecule has 6 nitrogen and oxygen atoms in total. The van der Waals surface area contributed by atoms with Crippen molar-refractivity contribution >= 4 is 22.8 Å². The fourth-order valence-electron chi connectivity index (χ4n) is 1.69. The Balaban J connectivity index is 2.07. The fraction of sp³-hybridized carbons (Fsp3) is 0.800. The molecule has 1 aliphatic rings. The molecule has 0 radical (unpaired) electrons. The molecule has 1 heterocycles. The van der Waals surface area contributed by atoms with E-state index in [0.717, 1.165) is 0 Å². The molecule has 1 aliphatic heterocycles. The smallest absolute Gasteiger partial charge is 0.317 e. The zero-order valence-electron chi connectivity index (χ0n) is 9.85. The monoisotopic (exact) mass is 262 g/mol. The van der Waals surface area contributed by atoms with E-state index in [4.69, 9.17) is 5.11 Å². The molecular weight excluding hydrogens is 244 g/mol. The highest BCUT2D eigenvalue weighted by Gasteiger charge is 2.31. The van der Waals surface area contributed by atoms with E-state index in [9.17, 15) is 13.8 Å². The third-order valence-corrected chi connectivity index (χ3v) is 3.46. The van der Waals surface area contributed by atoms with Crippen molar-refractivity contribution < 1.29 is 18.9 Å². The minimum absolute atomic E-state index is 0.0846. The largest absolute Gasteiger partial charge is 0.481 e. The van der Waals surface area contributed by atoms with Gasteiger partial charge in [0.05, 0.1) is 6.42 Å². The molecule has 0 aromatic rings. The summed E-state index contributed by atoms with van der Waals surface area (Å²) < 4.78 is 10.8. The molecule has 1 rings (SSSR count). The molecule has 0 aromatic heterocycles. The van der Waals surface area contributed by atoms with E-state index in [1.54, 1.807) is 11.2 Å². The van der Waals surface area contributed by atoms with Gasteiger partial charge in [-0.25, -0.2) is 4.79 Å². The second-order valence-electron chi connectivity index (χ2n) is 4.23. The standard InChI is InChI=1S/C10H18N2O4S/c1-17(16)4-2-3-11-10(15)12-6-8(7-12)5-9(13)14/h8H,2-7H2,1H3,(H,11,15)(H,13,14). The van der Waals surface area contributed by atoms with Gasteiger partial charge in [-0.15, -0.1) is 0 Å². The van der Waals surface area contributed by atoms with Crippen LogP contribution in [0.15, 0.2) is 0 Å². The normalized spacial score (nSPS) is 17.4. The molecule has 1 saturated heterocycles. The predicted octanol–water partition coefficient (Wildman–Crippen LogP) is -0.129. The van der Waals surface area contributed by atoms with Crippen LogP contribution in [0, 0.1) is 5.92 Å². The van der Waals surface area contributed by atoms with Crippen molar-refractivity contribution in [2.75, 3.05) is 31.6 Å². The van der Waals surface area contributed by atoms with Crippen LogP contribution in [0.4, 0.5) is 4.79 Å². The van der Waals surface area contributed by atoms with E-state index >= 15 is 0 Å². The quantitative estimate of drug-likeness (QED) is 0.653. The van der Waals surface area contributed by atoms with Gasteiger partial charge in [0.15, 0.2) is 0 Å². The number of rotatable bonds is 6. The first kappa shape index (κ1) is 14.0. The Bertz CT molecular complexity index is 315. The molecule has 0 bridgehead atoms. The number of carboxylic acid groups (broad SMARTS) is 1. The number of nitrogens with one attached hydrogen (secondary N) is 1. The third kappa shape index (κ3) is 5.16. The minimum atomic E-state index is -0.821. The number of carbonyl (C=O) groups excluding carboxylic acids is 1. The van der Waals surface area contributed by atoms with Crippen molar-refractivity contribution in [3.05, 3.63) is 0 Å². The van der Waals surface area contributed by atoms with Crippen molar-refractivity contribution in [3.8, 4) is 0 Å². The molecule has 0 spiro atoms. The van der Waals surface area contributed by atoms with E-state index in [2.05, 4.69) is 5.32 Å². The highest BCUT2D eigenvalue weighted by molar-refractivity contribution is 7.84. The summed E-state index contributed by atoms with van der Waals surface area (Å²) in [5.74, 6) is -0.149. The summed E-state index contributed by atoms with van der Waals surface area (Å²) in [5.41, 5.74) is 0. The molecule has 0 aliphatic carbocycles. The molecule has 2 N–H and O–H groups in total. The maximum atomic E-state index is 11.5. The highest BCUT2D eigenvalue weighted by Crippen LogP contribution is 2.18. The third-order valence-electron chi connectivity index (χ3n) is 2.59. The maximum Gasteiger partial charge on any atom is 0.317 e. The van der Waals surface area contributed by atoms with Gasteiger partial charge >= 0.3 is 12.0 Å². The Labute approximate surface area is 103 Å². The molecular formula is C10H18N2O4S. The zero-order chi connectivity index (χ0) is 12.8. The van der Waals surface area contributed by atoms with Crippen LogP contribution in [0.5, 0.6) is 0 Å². The summed E-state index contributed by atoms with van der Waals surface area (Å²) >= 11 is 0. The first-order chi connectivity index (χ1) is 7.99. The van der Waals surface area contributed by atoms with Crippen LogP contribution < -0.4 is 5.32 Å². The summed E-state index contributed by atoms with van der Waals surface area (Å²) in [7, 11) is -0.821. The molecule has 7 heteroatoms. The average molecular weight is 262 g/mol. The van der Waals surface area contributed by atoms with Crippen molar-refractivity contribution in [1.82, 2.24) is 10.2 Å². The summed E-state index contributed by atoms with van der Waals surface area (Å²) in [5, 5.41) is 11.3. The number of nitrogens with zero attached hydrogens (tertiary/aromatic N) is 1. The first-order valence-electron chi connectivity index (χ1n) is 5.53. The molecule has 0 aromatic carbocycles. The van der Waals surface area contributed by atoms with Crippen LogP contribution in [0.1, 0.15) is 12.8 Å². The van der Waals surface area contributed by atoms with E-state index < -0.39 is 16.8 Å². The van der Waals surface area contributed by atoms with Gasteiger partial charge in [-0.3, -0.25) is 9.00 Å². The van der Waals surface area contributed by atoms with Crippen molar-refractivity contribution in [3.63, 3.8) is 0 Å². The van der Waals surface area contributed by atoms with Gasteiger partial charge < -0.3 is 15.3 Å². The van der Waals surface area contributed by atoms with Crippen LogP contribution in [0.2, 0.25) is 0 Å². The number of hydrogen-bond donors (Lipinski definition) is 2. The van der Waals surface area contributed by atoms with Gasteiger partial charge in [-0.05, 0) is 6.42 Å². The zero-order valence-corrected chi connectivity index (χ0v) is 10.7. The minimum Gasteiger partial charge on any atom is -0.481 e. The fourth-order valence-corrected chi connectivity index (χ4v) is 2.25.